The Balaban J connectivity index is 4.34. The van der Waals surface area contributed by atoms with E-state index >= 15 is 0 Å². The molecule has 0 radical (unpaired) electrons. The van der Waals surface area contributed by atoms with Crippen LogP contribution < -0.4 is 4.89 Å². The van der Waals surface area contributed by atoms with Gasteiger partial charge >= 0.3 is 11.9 Å². The molecule has 0 aromatic rings. The summed E-state index contributed by atoms with van der Waals surface area (Å²) < 4.78 is 33.9. The van der Waals surface area contributed by atoms with Crippen molar-refractivity contribution in [2.24, 2.45) is 0 Å². The number of carbonyl (C=O) groups is 2. The molecule has 0 saturated carbocycles. The van der Waals surface area contributed by atoms with E-state index in [0.717, 1.165) is 51.4 Å². The van der Waals surface area contributed by atoms with Crippen LogP contribution in [0.25, 0.3) is 0 Å². The average Bonchev–Trinajstić information content (AvgIpc) is 3.17. The van der Waals surface area contributed by atoms with Gasteiger partial charge in [0.05, 0.1) is 27.7 Å². The summed E-state index contributed by atoms with van der Waals surface area (Å²) in [6, 6.07) is 0. The molecule has 0 bridgehead atoms. The zero-order chi connectivity index (χ0) is 42.8. The van der Waals surface area contributed by atoms with Crippen LogP contribution in [0.15, 0.2) is 36.5 Å². The van der Waals surface area contributed by atoms with E-state index in [0.29, 0.717) is 23.9 Å². The SMILES string of the molecule is CCCCC/C=C/C/C=C/C/C=C/CCCCCCC(=O)OC[C@H](COP(=O)([O-])OCC[N+](C)(C)C)OC(=O)CCCCCCCCCCCCCCCCCCC. The molecule has 340 valence electrons. The zero-order valence-corrected chi connectivity index (χ0v) is 39.1. The zero-order valence-electron chi connectivity index (χ0n) is 38.2. The second kappa shape index (κ2) is 40.6. The number of rotatable bonds is 43. The van der Waals surface area contributed by atoms with Crippen molar-refractivity contribution in [1.82, 2.24) is 0 Å². The standard InChI is InChI=1S/C48H90NO8P/c1-6-8-10-12-14-16-18-20-22-24-26-28-30-32-34-36-38-40-47(50)54-44-46(45-56-58(52,53)55-43-42-49(3,4)5)57-48(51)41-39-37-35-33-31-29-27-25-23-21-19-17-15-13-11-9-7-2/h14,16,20,22,26,28,46H,6-13,15,17-19,21,23-25,27,29-45H2,1-5H3/b16-14+,22-20+,28-26+/t46-/m1/s1. The molecule has 0 saturated heterocycles. The minimum Gasteiger partial charge on any atom is -0.756 e. The summed E-state index contributed by atoms with van der Waals surface area (Å²) in [4.78, 5) is 37.6. The fourth-order valence-corrected chi connectivity index (χ4v) is 7.16. The van der Waals surface area contributed by atoms with Crippen molar-refractivity contribution >= 4 is 19.8 Å². The normalized spacial score (nSPS) is 13.8. The third-order valence-corrected chi connectivity index (χ3v) is 11.1. The second-order valence-electron chi connectivity index (χ2n) is 17.1. The van der Waals surface area contributed by atoms with E-state index in [2.05, 4.69) is 50.3 Å². The Labute approximate surface area is 357 Å². The number of nitrogens with zero attached hydrogens (tertiary/aromatic N) is 1. The van der Waals surface area contributed by atoms with Crippen molar-refractivity contribution < 1.29 is 42.1 Å². The van der Waals surface area contributed by atoms with E-state index < -0.39 is 32.5 Å². The summed E-state index contributed by atoms with van der Waals surface area (Å²) in [5.74, 6) is -0.853. The predicted molar refractivity (Wildman–Crippen MR) is 241 cm³/mol. The van der Waals surface area contributed by atoms with Gasteiger partial charge in [0.15, 0.2) is 6.10 Å². The lowest BCUT2D eigenvalue weighted by Gasteiger charge is -2.28. The van der Waals surface area contributed by atoms with Crippen molar-refractivity contribution in [3.63, 3.8) is 0 Å². The first kappa shape index (κ1) is 56.2. The van der Waals surface area contributed by atoms with E-state index in [1.807, 2.05) is 21.1 Å². The number of phosphoric ester groups is 1. The summed E-state index contributed by atoms with van der Waals surface area (Å²) in [6.45, 7) is 4.19. The molecular formula is C48H90NO8P. The molecule has 0 aromatic carbocycles. The lowest BCUT2D eigenvalue weighted by atomic mass is 10.0. The number of hydrogen-bond donors (Lipinski definition) is 0. The molecule has 0 aromatic heterocycles. The van der Waals surface area contributed by atoms with Gasteiger partial charge in [0.2, 0.25) is 0 Å². The Morgan fingerprint density at radius 1 is 0.534 bits per heavy atom. The number of esters is 2. The Morgan fingerprint density at radius 2 is 0.931 bits per heavy atom. The lowest BCUT2D eigenvalue weighted by molar-refractivity contribution is -0.870. The quantitative estimate of drug-likeness (QED) is 0.0196. The summed E-state index contributed by atoms with van der Waals surface area (Å²) in [5, 5.41) is 0. The largest absolute Gasteiger partial charge is 0.756 e. The van der Waals surface area contributed by atoms with Crippen molar-refractivity contribution in [2.75, 3.05) is 47.5 Å². The van der Waals surface area contributed by atoms with Crippen molar-refractivity contribution in [3.05, 3.63) is 36.5 Å². The Morgan fingerprint density at radius 3 is 1.41 bits per heavy atom. The average molecular weight is 840 g/mol. The van der Waals surface area contributed by atoms with Crippen LogP contribution in [-0.4, -0.2) is 70.0 Å². The van der Waals surface area contributed by atoms with E-state index in [1.165, 1.54) is 116 Å². The molecule has 10 heteroatoms. The van der Waals surface area contributed by atoms with Crippen molar-refractivity contribution in [2.45, 2.75) is 213 Å². The maximum atomic E-state index is 12.7. The summed E-state index contributed by atoms with van der Waals surface area (Å²) in [6.07, 6.45) is 45.9. The molecule has 9 nitrogen and oxygen atoms in total. The molecule has 58 heavy (non-hydrogen) atoms. The van der Waals surface area contributed by atoms with Crippen LogP contribution in [0.1, 0.15) is 206 Å². The fraction of sp³-hybridized carbons (Fsp3) is 0.833. The first-order valence-electron chi connectivity index (χ1n) is 23.7. The highest BCUT2D eigenvalue weighted by Gasteiger charge is 2.21. The van der Waals surface area contributed by atoms with Crippen molar-refractivity contribution in [1.29, 1.82) is 0 Å². The van der Waals surface area contributed by atoms with Crippen LogP contribution in [0.4, 0.5) is 0 Å². The Kier molecular flexibility index (Phi) is 39.4. The second-order valence-corrected chi connectivity index (χ2v) is 18.5. The smallest absolute Gasteiger partial charge is 0.306 e. The highest BCUT2D eigenvalue weighted by atomic mass is 31.2. The van der Waals surface area contributed by atoms with Gasteiger partial charge in [0.1, 0.15) is 19.8 Å². The number of quaternary nitrogens is 1. The predicted octanol–water partition coefficient (Wildman–Crippen LogP) is 13.1. The molecule has 0 heterocycles. The number of hydrogen-bond acceptors (Lipinski definition) is 8. The molecular weight excluding hydrogens is 750 g/mol. The van der Waals surface area contributed by atoms with E-state index in [1.54, 1.807) is 0 Å². The molecule has 0 aliphatic carbocycles. The van der Waals surface area contributed by atoms with Gasteiger partial charge in [0.25, 0.3) is 7.82 Å². The van der Waals surface area contributed by atoms with Gasteiger partial charge in [-0.3, -0.25) is 14.2 Å². The number of unbranched alkanes of at least 4 members (excludes halogenated alkanes) is 23. The molecule has 0 spiro atoms. The number of phosphoric acid groups is 1. The summed E-state index contributed by atoms with van der Waals surface area (Å²) >= 11 is 0. The van der Waals surface area contributed by atoms with Crippen LogP contribution >= 0.6 is 7.82 Å². The van der Waals surface area contributed by atoms with E-state index in [4.69, 9.17) is 18.5 Å². The van der Waals surface area contributed by atoms with Crippen LogP contribution in [-0.2, 0) is 32.7 Å². The van der Waals surface area contributed by atoms with Gasteiger partial charge in [-0.25, -0.2) is 0 Å². The van der Waals surface area contributed by atoms with Gasteiger partial charge in [-0.05, 0) is 51.4 Å². The van der Waals surface area contributed by atoms with Gasteiger partial charge in [-0.15, -0.1) is 0 Å². The highest BCUT2D eigenvalue weighted by Crippen LogP contribution is 2.38. The first-order chi connectivity index (χ1) is 28.0. The fourth-order valence-electron chi connectivity index (χ4n) is 6.43. The Hall–Kier alpha value is -1.77. The molecule has 0 amide bonds. The maximum absolute atomic E-state index is 12.7. The van der Waals surface area contributed by atoms with Gasteiger partial charge in [-0.1, -0.05) is 179 Å². The number of allylic oxidation sites excluding steroid dienone is 6. The minimum atomic E-state index is -4.63. The van der Waals surface area contributed by atoms with Gasteiger partial charge in [-0.2, -0.15) is 0 Å². The lowest BCUT2D eigenvalue weighted by Crippen LogP contribution is -2.37. The number of ether oxygens (including phenoxy) is 2. The van der Waals surface area contributed by atoms with E-state index in [9.17, 15) is 19.0 Å². The molecule has 0 aliphatic rings. The van der Waals surface area contributed by atoms with Gasteiger partial charge < -0.3 is 27.9 Å². The Bertz CT molecular complexity index is 1090. The van der Waals surface area contributed by atoms with Crippen LogP contribution in [0.2, 0.25) is 0 Å². The van der Waals surface area contributed by atoms with Crippen LogP contribution in [0.3, 0.4) is 0 Å². The number of carbonyl (C=O) groups excluding carboxylic acids is 2. The summed E-state index contributed by atoms with van der Waals surface area (Å²) in [7, 11) is 1.16. The third kappa shape index (κ3) is 43.8. The monoisotopic (exact) mass is 840 g/mol. The van der Waals surface area contributed by atoms with Crippen LogP contribution in [0, 0.1) is 0 Å². The molecule has 2 atom stereocenters. The van der Waals surface area contributed by atoms with Gasteiger partial charge in [0, 0.05) is 12.8 Å². The topological polar surface area (TPSA) is 111 Å². The molecule has 0 rings (SSSR count). The van der Waals surface area contributed by atoms with Crippen molar-refractivity contribution in [3.8, 4) is 0 Å². The molecule has 0 aliphatic heterocycles. The molecule has 0 fully saturated rings. The molecule has 1 unspecified atom stereocenters. The molecule has 0 N–H and O–H groups in total. The third-order valence-electron chi connectivity index (χ3n) is 10.2. The van der Waals surface area contributed by atoms with Crippen LogP contribution in [0.5, 0.6) is 0 Å². The first-order valence-corrected chi connectivity index (χ1v) is 25.2. The van der Waals surface area contributed by atoms with E-state index in [-0.39, 0.29) is 26.1 Å². The number of likely N-dealkylation sites (N-methyl/N-ethyl adjacent to an activating group) is 1. The minimum absolute atomic E-state index is 0.0337. The summed E-state index contributed by atoms with van der Waals surface area (Å²) in [5.41, 5.74) is 0. The maximum Gasteiger partial charge on any atom is 0.306 e. The highest BCUT2D eigenvalue weighted by molar-refractivity contribution is 7.45.